The fraction of sp³-hybridized carbons (Fsp3) is 0.125. The molecule has 1 N–H and O–H groups in total. The van der Waals surface area contributed by atoms with E-state index in [1.54, 1.807) is 30.3 Å². The minimum atomic E-state index is -0.481. The third-order valence-corrected chi connectivity index (χ3v) is 3.35. The average Bonchev–Trinajstić information content (AvgIpc) is 2.53. The summed E-state index contributed by atoms with van der Waals surface area (Å²) in [6, 6.07) is 11.1. The van der Waals surface area contributed by atoms with E-state index >= 15 is 0 Å². The Balaban J connectivity index is 1.96. The van der Waals surface area contributed by atoms with E-state index in [1.165, 1.54) is 19.2 Å². The second-order valence-corrected chi connectivity index (χ2v) is 5.33. The Bertz CT molecular complexity index is 734. The number of carbonyl (C=O) groups excluding carboxylic acids is 2. The highest BCUT2D eigenvalue weighted by Gasteiger charge is 2.09. The van der Waals surface area contributed by atoms with Crippen molar-refractivity contribution in [1.82, 2.24) is 0 Å². The summed E-state index contributed by atoms with van der Waals surface area (Å²) >= 11 is 11.7. The van der Waals surface area contributed by atoms with Crippen LogP contribution in [0.3, 0.4) is 0 Å². The van der Waals surface area contributed by atoms with Crippen molar-refractivity contribution in [2.24, 2.45) is 0 Å². The van der Waals surface area contributed by atoms with Gasteiger partial charge in [-0.25, -0.2) is 4.79 Å². The SMILES string of the molecule is COC(=O)c1cccc(NC(=O)COc2ccc(Cl)cc2Cl)c1. The van der Waals surface area contributed by atoms with E-state index in [0.717, 1.165) is 0 Å². The first-order chi connectivity index (χ1) is 11.0. The lowest BCUT2D eigenvalue weighted by molar-refractivity contribution is -0.118. The number of hydrogen-bond acceptors (Lipinski definition) is 4. The van der Waals surface area contributed by atoms with Crippen molar-refractivity contribution in [3.05, 3.63) is 58.1 Å². The number of anilines is 1. The van der Waals surface area contributed by atoms with E-state index in [2.05, 4.69) is 10.1 Å². The van der Waals surface area contributed by atoms with Crippen LogP contribution in [0, 0.1) is 0 Å². The van der Waals surface area contributed by atoms with Crippen LogP contribution in [-0.4, -0.2) is 25.6 Å². The van der Waals surface area contributed by atoms with Gasteiger partial charge in [0.2, 0.25) is 0 Å². The molecule has 2 aromatic rings. The van der Waals surface area contributed by atoms with Crippen LogP contribution < -0.4 is 10.1 Å². The molecule has 2 aromatic carbocycles. The molecule has 2 rings (SSSR count). The number of esters is 1. The molecule has 0 unspecified atom stereocenters. The zero-order valence-corrected chi connectivity index (χ0v) is 13.6. The van der Waals surface area contributed by atoms with Crippen LogP contribution in [0.25, 0.3) is 0 Å². The summed E-state index contributed by atoms with van der Waals surface area (Å²) in [5.74, 6) is -0.516. The standard InChI is InChI=1S/C16H13Cl2NO4/c1-22-16(21)10-3-2-4-12(7-10)19-15(20)9-23-14-6-5-11(17)8-13(14)18/h2-8H,9H2,1H3,(H,19,20). The molecular weight excluding hydrogens is 341 g/mol. The van der Waals surface area contributed by atoms with Gasteiger partial charge in [0, 0.05) is 10.7 Å². The number of ether oxygens (including phenoxy) is 2. The molecule has 0 aromatic heterocycles. The van der Waals surface area contributed by atoms with Crippen LogP contribution in [0.1, 0.15) is 10.4 Å². The number of rotatable bonds is 5. The van der Waals surface area contributed by atoms with Gasteiger partial charge in [-0.3, -0.25) is 4.79 Å². The van der Waals surface area contributed by atoms with Crippen LogP contribution >= 0.6 is 23.2 Å². The van der Waals surface area contributed by atoms with Crippen LogP contribution in [0.15, 0.2) is 42.5 Å². The van der Waals surface area contributed by atoms with Crippen molar-refractivity contribution in [3.8, 4) is 5.75 Å². The van der Waals surface area contributed by atoms with Crippen LogP contribution in [-0.2, 0) is 9.53 Å². The second-order valence-electron chi connectivity index (χ2n) is 4.48. The van der Waals surface area contributed by atoms with Crippen molar-refractivity contribution >= 4 is 40.8 Å². The normalized spacial score (nSPS) is 10.0. The lowest BCUT2D eigenvalue weighted by atomic mass is 10.2. The fourth-order valence-corrected chi connectivity index (χ4v) is 2.24. The van der Waals surface area contributed by atoms with Crippen molar-refractivity contribution < 1.29 is 19.1 Å². The maximum atomic E-state index is 11.9. The first-order valence-corrected chi connectivity index (χ1v) is 7.31. The molecule has 0 saturated heterocycles. The van der Waals surface area contributed by atoms with Gasteiger partial charge in [0.05, 0.1) is 17.7 Å². The molecule has 0 spiro atoms. The molecule has 0 aliphatic carbocycles. The molecule has 7 heteroatoms. The Labute approximate surface area is 143 Å². The van der Waals surface area contributed by atoms with Gasteiger partial charge in [-0.05, 0) is 36.4 Å². The molecule has 0 heterocycles. The van der Waals surface area contributed by atoms with E-state index < -0.39 is 11.9 Å². The highest BCUT2D eigenvalue weighted by Crippen LogP contribution is 2.27. The largest absolute Gasteiger partial charge is 0.482 e. The fourth-order valence-electron chi connectivity index (χ4n) is 1.77. The van der Waals surface area contributed by atoms with E-state index in [0.29, 0.717) is 27.0 Å². The molecule has 0 aliphatic rings. The average molecular weight is 354 g/mol. The summed E-state index contributed by atoms with van der Waals surface area (Å²) < 4.78 is 9.95. The Kier molecular flexibility index (Phi) is 5.84. The highest BCUT2D eigenvalue weighted by molar-refractivity contribution is 6.35. The highest BCUT2D eigenvalue weighted by atomic mass is 35.5. The van der Waals surface area contributed by atoms with E-state index in [9.17, 15) is 9.59 Å². The number of nitrogens with one attached hydrogen (secondary N) is 1. The number of methoxy groups -OCH3 is 1. The molecule has 0 atom stereocenters. The summed E-state index contributed by atoms with van der Waals surface area (Å²) in [7, 11) is 1.29. The van der Waals surface area contributed by atoms with Crippen LogP contribution in [0.5, 0.6) is 5.75 Å². The van der Waals surface area contributed by atoms with E-state index in [1.807, 2.05) is 0 Å². The van der Waals surface area contributed by atoms with Crippen molar-refractivity contribution in [2.75, 3.05) is 19.0 Å². The first kappa shape index (κ1) is 17.1. The quantitative estimate of drug-likeness (QED) is 0.830. The summed E-state index contributed by atoms with van der Waals surface area (Å²) in [5, 5.41) is 3.42. The minimum Gasteiger partial charge on any atom is -0.482 e. The van der Waals surface area contributed by atoms with Gasteiger partial charge in [0.1, 0.15) is 5.75 Å². The van der Waals surface area contributed by atoms with Gasteiger partial charge >= 0.3 is 5.97 Å². The second kappa shape index (κ2) is 7.85. The molecule has 0 aliphatic heterocycles. The predicted molar refractivity (Wildman–Crippen MR) is 88.4 cm³/mol. The lowest BCUT2D eigenvalue weighted by Gasteiger charge is -2.09. The summed E-state index contributed by atoms with van der Waals surface area (Å²) in [6.07, 6.45) is 0. The number of carbonyl (C=O) groups is 2. The molecule has 0 bridgehead atoms. The van der Waals surface area contributed by atoms with Gasteiger partial charge in [0.15, 0.2) is 6.61 Å². The number of amides is 1. The maximum absolute atomic E-state index is 11.9. The Morgan fingerprint density at radius 3 is 2.61 bits per heavy atom. The third-order valence-electron chi connectivity index (χ3n) is 2.82. The molecule has 0 fully saturated rings. The van der Waals surface area contributed by atoms with Gasteiger partial charge in [-0.1, -0.05) is 29.3 Å². The van der Waals surface area contributed by atoms with Crippen molar-refractivity contribution in [3.63, 3.8) is 0 Å². The number of benzene rings is 2. The summed E-state index contributed by atoms with van der Waals surface area (Å²) in [5.41, 5.74) is 0.802. The monoisotopic (exact) mass is 353 g/mol. The van der Waals surface area contributed by atoms with E-state index in [-0.39, 0.29) is 6.61 Å². The molecule has 5 nitrogen and oxygen atoms in total. The van der Waals surface area contributed by atoms with Gasteiger partial charge in [0.25, 0.3) is 5.91 Å². The zero-order chi connectivity index (χ0) is 16.8. The lowest BCUT2D eigenvalue weighted by Crippen LogP contribution is -2.20. The predicted octanol–water partition coefficient (Wildman–Crippen LogP) is 3.80. The molecule has 1 amide bonds. The molecule has 23 heavy (non-hydrogen) atoms. The smallest absolute Gasteiger partial charge is 0.337 e. The molecule has 0 saturated carbocycles. The van der Waals surface area contributed by atoms with Crippen molar-refractivity contribution in [2.45, 2.75) is 0 Å². The number of hydrogen-bond donors (Lipinski definition) is 1. The maximum Gasteiger partial charge on any atom is 0.337 e. The van der Waals surface area contributed by atoms with E-state index in [4.69, 9.17) is 27.9 Å². The first-order valence-electron chi connectivity index (χ1n) is 6.55. The zero-order valence-electron chi connectivity index (χ0n) is 12.1. The Morgan fingerprint density at radius 2 is 1.91 bits per heavy atom. The summed E-state index contributed by atoms with van der Waals surface area (Å²) in [6.45, 7) is -0.232. The van der Waals surface area contributed by atoms with Crippen molar-refractivity contribution in [1.29, 1.82) is 0 Å². The van der Waals surface area contributed by atoms with Gasteiger partial charge in [-0.15, -0.1) is 0 Å². The third kappa shape index (κ3) is 4.87. The number of halogens is 2. The molecule has 0 radical (unpaired) electrons. The Morgan fingerprint density at radius 1 is 1.13 bits per heavy atom. The van der Waals surface area contributed by atoms with Gasteiger partial charge < -0.3 is 14.8 Å². The Hall–Kier alpha value is -2.24. The summed E-state index contributed by atoms with van der Waals surface area (Å²) in [4.78, 5) is 23.3. The minimum absolute atomic E-state index is 0.232. The van der Waals surface area contributed by atoms with Crippen LogP contribution in [0.2, 0.25) is 10.0 Å². The molecular formula is C16H13Cl2NO4. The molecule has 120 valence electrons. The topological polar surface area (TPSA) is 64.6 Å². The van der Waals surface area contributed by atoms with Gasteiger partial charge in [-0.2, -0.15) is 0 Å². The van der Waals surface area contributed by atoms with Crippen LogP contribution in [0.4, 0.5) is 5.69 Å².